The molecule has 9 heteroatoms. The Labute approximate surface area is 145 Å². The van der Waals surface area contributed by atoms with Crippen LogP contribution >= 0.6 is 0 Å². The lowest BCUT2D eigenvalue weighted by molar-refractivity contribution is -0.640. The molecule has 0 saturated carbocycles. The number of pyridine rings is 1. The van der Waals surface area contributed by atoms with E-state index in [-0.39, 0.29) is 10.5 Å². The van der Waals surface area contributed by atoms with E-state index in [4.69, 9.17) is 5.84 Å². The average Bonchev–Trinajstić information content (AvgIpc) is 2.43. The summed E-state index contributed by atoms with van der Waals surface area (Å²) in [6.07, 6.45) is 2.32. The SMILES string of the molecule is COC(=O)c1cc(F)c[n+](N)c1.Cc1cc(C)c(S(=O)(=O)[O-])c(C)c1. The Morgan fingerprint density at radius 3 is 2.08 bits per heavy atom. The van der Waals surface area contributed by atoms with Gasteiger partial charge in [-0.05, 0) is 31.9 Å². The van der Waals surface area contributed by atoms with Crippen molar-refractivity contribution >= 4 is 16.1 Å². The van der Waals surface area contributed by atoms with E-state index in [0.29, 0.717) is 11.1 Å². The van der Waals surface area contributed by atoms with Crippen LogP contribution in [0.25, 0.3) is 0 Å². The van der Waals surface area contributed by atoms with Crippen LogP contribution in [0.15, 0.2) is 35.5 Å². The first kappa shape index (κ1) is 20.5. The summed E-state index contributed by atoms with van der Waals surface area (Å²) in [6, 6.07) is 4.44. The highest BCUT2D eigenvalue weighted by molar-refractivity contribution is 7.85. The summed E-state index contributed by atoms with van der Waals surface area (Å²) < 4.78 is 50.4. The van der Waals surface area contributed by atoms with Gasteiger partial charge in [0.1, 0.15) is 15.7 Å². The van der Waals surface area contributed by atoms with Gasteiger partial charge >= 0.3 is 5.97 Å². The van der Waals surface area contributed by atoms with E-state index in [1.54, 1.807) is 26.0 Å². The standard InChI is InChI=1S/C9H12O3S.C7H8FN2O2/c1-6-4-7(2)9(8(3)5-6)13(10,11)12;1-12-7(11)5-2-6(8)4-10(9)3-5/h4-5H,1-3H3,(H,10,11,12);2-4H,9H2,1H3/q;+1/p-1. The number of methoxy groups -OCH3 is 1. The van der Waals surface area contributed by atoms with Gasteiger partial charge in [0.2, 0.25) is 12.4 Å². The summed E-state index contributed by atoms with van der Waals surface area (Å²) in [5, 5.41) is 0. The largest absolute Gasteiger partial charge is 0.744 e. The van der Waals surface area contributed by atoms with Gasteiger partial charge in [0.15, 0.2) is 5.82 Å². The van der Waals surface area contributed by atoms with Crippen molar-refractivity contribution in [3.63, 3.8) is 0 Å². The first-order valence-corrected chi connectivity index (χ1v) is 8.45. The molecule has 0 bridgehead atoms. The number of esters is 1. The molecule has 0 aliphatic rings. The predicted octanol–water partition coefficient (Wildman–Crippen LogP) is 1.13. The summed E-state index contributed by atoms with van der Waals surface area (Å²) in [4.78, 5) is 10.8. The molecular formula is C16H19FN2O5S. The number of rotatable bonds is 2. The molecule has 0 unspecified atom stereocenters. The van der Waals surface area contributed by atoms with E-state index in [9.17, 15) is 22.2 Å². The summed E-state index contributed by atoms with van der Waals surface area (Å²) in [6.45, 7) is 5.12. The predicted molar refractivity (Wildman–Crippen MR) is 86.7 cm³/mol. The van der Waals surface area contributed by atoms with Gasteiger partial charge in [-0.1, -0.05) is 22.4 Å². The van der Waals surface area contributed by atoms with Gasteiger partial charge in [-0.25, -0.2) is 23.4 Å². The van der Waals surface area contributed by atoms with E-state index >= 15 is 0 Å². The number of ether oxygens (including phenoxy) is 1. The van der Waals surface area contributed by atoms with E-state index < -0.39 is 21.9 Å². The molecule has 0 aliphatic carbocycles. The topological polar surface area (TPSA) is 113 Å². The minimum absolute atomic E-state index is 0.0833. The van der Waals surface area contributed by atoms with Crippen LogP contribution in [0, 0.1) is 26.6 Å². The molecule has 0 amide bonds. The quantitative estimate of drug-likeness (QED) is 0.367. The van der Waals surface area contributed by atoms with Crippen LogP contribution in [-0.2, 0) is 14.9 Å². The number of benzene rings is 1. The van der Waals surface area contributed by atoms with Crippen molar-refractivity contribution in [3.8, 4) is 0 Å². The fraction of sp³-hybridized carbons (Fsp3) is 0.250. The highest BCUT2D eigenvalue weighted by Crippen LogP contribution is 2.20. The van der Waals surface area contributed by atoms with Gasteiger partial charge in [-0.15, -0.1) is 0 Å². The molecule has 2 rings (SSSR count). The van der Waals surface area contributed by atoms with Gasteiger partial charge in [0, 0.05) is 6.07 Å². The van der Waals surface area contributed by atoms with Crippen molar-refractivity contribution in [1.29, 1.82) is 0 Å². The first-order valence-electron chi connectivity index (χ1n) is 7.04. The third-order valence-corrected chi connectivity index (χ3v) is 4.27. The molecule has 2 aromatic rings. The lowest BCUT2D eigenvalue weighted by Crippen LogP contribution is -2.44. The van der Waals surface area contributed by atoms with Crippen LogP contribution < -0.4 is 10.5 Å². The van der Waals surface area contributed by atoms with Crippen LogP contribution in [0.1, 0.15) is 27.0 Å². The van der Waals surface area contributed by atoms with Gasteiger partial charge in [-0.3, -0.25) is 0 Å². The minimum atomic E-state index is -4.33. The zero-order valence-electron chi connectivity index (χ0n) is 14.2. The van der Waals surface area contributed by atoms with Crippen LogP contribution in [0.3, 0.4) is 0 Å². The monoisotopic (exact) mass is 370 g/mol. The van der Waals surface area contributed by atoms with Gasteiger partial charge < -0.3 is 9.29 Å². The van der Waals surface area contributed by atoms with Crippen LogP contribution in [0.2, 0.25) is 0 Å². The number of halogens is 1. The summed E-state index contributed by atoms with van der Waals surface area (Å²) >= 11 is 0. The lowest BCUT2D eigenvalue weighted by Gasteiger charge is -2.14. The molecule has 0 spiro atoms. The molecule has 136 valence electrons. The highest BCUT2D eigenvalue weighted by Gasteiger charge is 2.12. The fourth-order valence-corrected chi connectivity index (χ4v) is 3.26. The normalized spacial score (nSPS) is 10.6. The molecule has 0 atom stereocenters. The molecular weight excluding hydrogens is 351 g/mol. The number of carbonyl (C=O) groups excluding carboxylic acids is 1. The number of nitrogens with zero attached hydrogens (tertiary/aromatic N) is 1. The molecule has 1 aromatic carbocycles. The number of nitrogen functional groups attached to an aromatic ring is 1. The van der Waals surface area contributed by atoms with Crippen molar-refractivity contribution in [2.75, 3.05) is 13.0 Å². The van der Waals surface area contributed by atoms with Crippen LogP contribution in [0.4, 0.5) is 4.39 Å². The van der Waals surface area contributed by atoms with Gasteiger partial charge in [0.25, 0.3) is 0 Å². The van der Waals surface area contributed by atoms with E-state index in [0.717, 1.165) is 22.5 Å². The number of hydrogen-bond acceptors (Lipinski definition) is 6. The van der Waals surface area contributed by atoms with Crippen molar-refractivity contribution in [3.05, 3.63) is 58.7 Å². The molecule has 2 N–H and O–H groups in total. The van der Waals surface area contributed by atoms with Gasteiger partial charge in [0.05, 0.1) is 12.0 Å². The number of nitrogens with two attached hydrogens (primary N) is 1. The Balaban J connectivity index is 0.000000251. The van der Waals surface area contributed by atoms with Gasteiger partial charge in [-0.2, -0.15) is 0 Å². The third kappa shape index (κ3) is 5.80. The number of hydrogen-bond donors (Lipinski definition) is 1. The second-order valence-corrected chi connectivity index (χ2v) is 6.68. The number of aromatic nitrogens is 1. The second-order valence-electron chi connectivity index (χ2n) is 5.36. The Morgan fingerprint density at radius 2 is 1.68 bits per heavy atom. The fourth-order valence-electron chi connectivity index (χ4n) is 2.35. The Kier molecular flexibility index (Phi) is 6.60. The Bertz CT molecular complexity index is 854. The minimum Gasteiger partial charge on any atom is -0.744 e. The van der Waals surface area contributed by atoms with Crippen molar-refractivity contribution in [2.45, 2.75) is 25.7 Å². The second kappa shape index (κ2) is 8.04. The third-order valence-electron chi connectivity index (χ3n) is 3.13. The number of carbonyl (C=O) groups is 1. The number of aryl methyl sites for hydroxylation is 3. The maximum atomic E-state index is 12.6. The van der Waals surface area contributed by atoms with Crippen LogP contribution in [0.5, 0.6) is 0 Å². The lowest BCUT2D eigenvalue weighted by atomic mass is 10.1. The first-order chi connectivity index (χ1) is 11.5. The average molecular weight is 370 g/mol. The molecule has 1 heterocycles. The van der Waals surface area contributed by atoms with E-state index in [2.05, 4.69) is 4.74 Å². The molecule has 25 heavy (non-hydrogen) atoms. The summed E-state index contributed by atoms with van der Waals surface area (Å²) in [7, 11) is -3.11. The zero-order valence-corrected chi connectivity index (χ0v) is 15.1. The molecule has 0 saturated heterocycles. The molecule has 0 radical (unpaired) electrons. The smallest absolute Gasteiger partial charge is 0.344 e. The summed E-state index contributed by atoms with van der Waals surface area (Å²) in [5.74, 6) is 4.02. The van der Waals surface area contributed by atoms with Crippen molar-refractivity contribution < 1.29 is 31.6 Å². The molecule has 0 aliphatic heterocycles. The zero-order chi connectivity index (χ0) is 19.4. The Morgan fingerprint density at radius 1 is 1.16 bits per heavy atom. The van der Waals surface area contributed by atoms with Crippen molar-refractivity contribution in [1.82, 2.24) is 0 Å². The van der Waals surface area contributed by atoms with Crippen molar-refractivity contribution in [2.24, 2.45) is 0 Å². The molecule has 7 nitrogen and oxygen atoms in total. The van der Waals surface area contributed by atoms with E-state index in [1.165, 1.54) is 13.3 Å². The van der Waals surface area contributed by atoms with Crippen LogP contribution in [-0.4, -0.2) is 26.0 Å². The molecule has 0 fully saturated rings. The van der Waals surface area contributed by atoms with E-state index in [1.807, 2.05) is 6.92 Å². The highest BCUT2D eigenvalue weighted by atomic mass is 32.2. The molecule has 1 aromatic heterocycles. The Hall–Kier alpha value is -2.52. The maximum absolute atomic E-state index is 12.6. The maximum Gasteiger partial charge on any atom is 0.344 e. The summed E-state index contributed by atoms with van der Waals surface area (Å²) in [5.41, 5.74) is 2.09.